The third kappa shape index (κ3) is 7.84. The van der Waals surface area contributed by atoms with E-state index in [1.165, 1.54) is 22.3 Å². The Balaban J connectivity index is 1.29. The van der Waals surface area contributed by atoms with E-state index in [0.717, 1.165) is 6.42 Å². The van der Waals surface area contributed by atoms with Crippen molar-refractivity contribution >= 4 is 18.0 Å². The molecule has 0 aromatic heterocycles. The fourth-order valence-corrected chi connectivity index (χ4v) is 4.45. The summed E-state index contributed by atoms with van der Waals surface area (Å²) in [5.74, 6) is -0.792. The molecule has 2 amide bonds. The molecule has 0 radical (unpaired) electrons. The molecule has 0 spiro atoms. The van der Waals surface area contributed by atoms with Crippen LogP contribution in [0.1, 0.15) is 69.4 Å². The number of carbonyl (C=O) groups excluding carboxylic acids is 2. The van der Waals surface area contributed by atoms with Crippen LogP contribution in [0, 0.1) is 5.41 Å². The van der Waals surface area contributed by atoms with Crippen LogP contribution in [0.2, 0.25) is 0 Å². The Morgan fingerprint density at radius 1 is 0.857 bits per heavy atom. The quantitative estimate of drug-likeness (QED) is 0.346. The number of carboxylic acids is 1. The van der Waals surface area contributed by atoms with E-state index >= 15 is 0 Å². The van der Waals surface area contributed by atoms with Crippen molar-refractivity contribution in [2.24, 2.45) is 5.41 Å². The number of carboxylic acid groups (broad SMARTS) is 1. The van der Waals surface area contributed by atoms with Gasteiger partial charge in [-0.2, -0.15) is 0 Å². The van der Waals surface area contributed by atoms with Gasteiger partial charge < -0.3 is 20.5 Å². The van der Waals surface area contributed by atoms with Gasteiger partial charge in [0.1, 0.15) is 6.61 Å². The lowest BCUT2D eigenvalue weighted by Gasteiger charge is -2.23. The molecular formula is C28H36N2O5. The van der Waals surface area contributed by atoms with E-state index in [9.17, 15) is 14.4 Å². The van der Waals surface area contributed by atoms with Crippen LogP contribution >= 0.6 is 0 Å². The third-order valence-corrected chi connectivity index (χ3v) is 6.58. The van der Waals surface area contributed by atoms with Gasteiger partial charge in [0.2, 0.25) is 5.91 Å². The monoisotopic (exact) mass is 480 g/mol. The van der Waals surface area contributed by atoms with E-state index in [2.05, 4.69) is 34.9 Å². The van der Waals surface area contributed by atoms with E-state index in [1.807, 2.05) is 38.1 Å². The van der Waals surface area contributed by atoms with Crippen LogP contribution in [0.5, 0.6) is 0 Å². The summed E-state index contributed by atoms with van der Waals surface area (Å²) in [7, 11) is 0. The van der Waals surface area contributed by atoms with E-state index in [1.54, 1.807) is 0 Å². The third-order valence-electron chi connectivity index (χ3n) is 6.58. The molecule has 2 aromatic carbocycles. The largest absolute Gasteiger partial charge is 0.481 e. The number of unbranched alkanes of at least 4 members (excludes halogenated alkanes) is 1. The summed E-state index contributed by atoms with van der Waals surface area (Å²) in [4.78, 5) is 35.0. The van der Waals surface area contributed by atoms with Crippen LogP contribution in [-0.4, -0.2) is 42.8 Å². The highest BCUT2D eigenvalue weighted by atomic mass is 16.5. The SMILES string of the molecule is CC(C)(CCNC(=O)CCCCNC(=O)OCC1c2ccccc2-c2ccccc21)CCC(=O)O. The molecule has 7 nitrogen and oxygen atoms in total. The topological polar surface area (TPSA) is 105 Å². The first-order valence-corrected chi connectivity index (χ1v) is 12.3. The van der Waals surface area contributed by atoms with Crippen molar-refractivity contribution in [3.8, 4) is 11.1 Å². The predicted octanol–water partition coefficient (Wildman–Crippen LogP) is 5.09. The van der Waals surface area contributed by atoms with Gasteiger partial charge in [-0.05, 0) is 53.4 Å². The molecule has 3 rings (SSSR count). The number of hydrogen-bond donors (Lipinski definition) is 3. The van der Waals surface area contributed by atoms with Crippen molar-refractivity contribution in [1.82, 2.24) is 10.6 Å². The Labute approximate surface area is 207 Å². The summed E-state index contributed by atoms with van der Waals surface area (Å²) in [6.45, 7) is 5.29. The van der Waals surface area contributed by atoms with Gasteiger partial charge in [0.05, 0.1) is 0 Å². The molecule has 0 bridgehead atoms. The maximum Gasteiger partial charge on any atom is 0.407 e. The number of rotatable bonds is 13. The van der Waals surface area contributed by atoms with Crippen LogP contribution in [0.3, 0.4) is 0 Å². The molecule has 0 saturated carbocycles. The first kappa shape index (κ1) is 26.3. The van der Waals surface area contributed by atoms with E-state index in [0.29, 0.717) is 38.8 Å². The molecule has 0 fully saturated rings. The molecule has 35 heavy (non-hydrogen) atoms. The van der Waals surface area contributed by atoms with Gasteiger partial charge in [0.15, 0.2) is 0 Å². The van der Waals surface area contributed by atoms with E-state index in [-0.39, 0.29) is 30.3 Å². The Morgan fingerprint density at radius 2 is 1.49 bits per heavy atom. The zero-order valence-corrected chi connectivity index (χ0v) is 20.6. The lowest BCUT2D eigenvalue weighted by Crippen LogP contribution is -2.29. The lowest BCUT2D eigenvalue weighted by atomic mass is 9.84. The molecule has 188 valence electrons. The van der Waals surface area contributed by atoms with Crippen molar-refractivity contribution in [3.05, 3.63) is 59.7 Å². The second-order valence-corrected chi connectivity index (χ2v) is 9.87. The van der Waals surface area contributed by atoms with Crippen LogP contribution in [0.25, 0.3) is 11.1 Å². The Morgan fingerprint density at radius 3 is 2.11 bits per heavy atom. The summed E-state index contributed by atoms with van der Waals surface area (Å²) < 4.78 is 5.52. The molecule has 0 heterocycles. The highest BCUT2D eigenvalue weighted by Gasteiger charge is 2.29. The molecule has 3 N–H and O–H groups in total. The number of carbonyl (C=O) groups is 3. The summed E-state index contributed by atoms with van der Waals surface area (Å²) in [5.41, 5.74) is 4.62. The van der Waals surface area contributed by atoms with Crippen LogP contribution < -0.4 is 10.6 Å². The van der Waals surface area contributed by atoms with Gasteiger partial charge in [-0.15, -0.1) is 0 Å². The van der Waals surface area contributed by atoms with E-state index in [4.69, 9.17) is 9.84 Å². The lowest BCUT2D eigenvalue weighted by molar-refractivity contribution is -0.137. The number of aliphatic carboxylic acids is 1. The van der Waals surface area contributed by atoms with Crippen molar-refractivity contribution in [3.63, 3.8) is 0 Å². The highest BCUT2D eigenvalue weighted by Crippen LogP contribution is 2.44. The average molecular weight is 481 g/mol. The summed E-state index contributed by atoms with van der Waals surface area (Å²) in [6, 6.07) is 16.4. The van der Waals surface area contributed by atoms with Crippen LogP contribution in [-0.2, 0) is 14.3 Å². The standard InChI is InChI=1S/C28H36N2O5/c1-28(2,15-14-26(32)33)16-18-29-25(31)13-7-8-17-30-27(34)35-19-24-22-11-5-3-9-20(22)21-10-4-6-12-23(21)24/h3-6,9-12,24H,7-8,13-19H2,1-2H3,(H,29,31)(H,30,34)(H,32,33). The summed E-state index contributed by atoms with van der Waals surface area (Å²) >= 11 is 0. The number of ether oxygens (including phenoxy) is 1. The Kier molecular flexibility index (Phi) is 9.29. The minimum absolute atomic E-state index is 0.0276. The van der Waals surface area contributed by atoms with Gasteiger partial charge in [0, 0.05) is 31.8 Å². The smallest absolute Gasteiger partial charge is 0.407 e. The molecule has 0 aliphatic heterocycles. The number of hydrogen-bond acceptors (Lipinski definition) is 4. The molecule has 0 unspecified atom stereocenters. The first-order chi connectivity index (χ1) is 16.8. The maximum absolute atomic E-state index is 12.2. The normalized spacial score (nSPS) is 12.5. The van der Waals surface area contributed by atoms with Crippen LogP contribution in [0.4, 0.5) is 4.79 Å². The predicted molar refractivity (Wildman–Crippen MR) is 135 cm³/mol. The average Bonchev–Trinajstić information content (AvgIpc) is 3.15. The number of benzene rings is 2. The van der Waals surface area contributed by atoms with Crippen molar-refractivity contribution in [2.45, 2.75) is 58.3 Å². The fraction of sp³-hybridized carbons (Fsp3) is 0.464. The van der Waals surface area contributed by atoms with E-state index < -0.39 is 12.1 Å². The van der Waals surface area contributed by atoms with Gasteiger partial charge in [-0.25, -0.2) is 4.79 Å². The number of nitrogens with one attached hydrogen (secondary N) is 2. The zero-order chi connectivity index (χ0) is 25.3. The molecule has 7 heteroatoms. The van der Waals surface area contributed by atoms with Gasteiger partial charge >= 0.3 is 12.1 Å². The fourth-order valence-electron chi connectivity index (χ4n) is 4.45. The number of alkyl carbamates (subject to hydrolysis) is 1. The summed E-state index contributed by atoms with van der Waals surface area (Å²) in [6.07, 6.45) is 2.74. The summed E-state index contributed by atoms with van der Waals surface area (Å²) in [5, 5.41) is 14.5. The van der Waals surface area contributed by atoms with Gasteiger partial charge in [-0.3, -0.25) is 9.59 Å². The molecule has 0 saturated heterocycles. The van der Waals surface area contributed by atoms with Crippen molar-refractivity contribution < 1.29 is 24.2 Å². The second kappa shape index (κ2) is 12.4. The highest BCUT2D eigenvalue weighted by molar-refractivity contribution is 5.79. The molecule has 2 aromatic rings. The van der Waals surface area contributed by atoms with Gasteiger partial charge in [-0.1, -0.05) is 62.4 Å². The Hall–Kier alpha value is -3.35. The van der Waals surface area contributed by atoms with Crippen LogP contribution in [0.15, 0.2) is 48.5 Å². The second-order valence-electron chi connectivity index (χ2n) is 9.87. The molecular weight excluding hydrogens is 444 g/mol. The van der Waals surface area contributed by atoms with Crippen molar-refractivity contribution in [2.75, 3.05) is 19.7 Å². The number of amides is 2. The molecule has 1 aliphatic carbocycles. The molecule has 1 aliphatic rings. The number of fused-ring (bicyclic) bond motifs is 3. The Bertz CT molecular complexity index is 988. The van der Waals surface area contributed by atoms with Gasteiger partial charge in [0.25, 0.3) is 0 Å². The minimum Gasteiger partial charge on any atom is -0.481 e. The first-order valence-electron chi connectivity index (χ1n) is 12.3. The van der Waals surface area contributed by atoms with Crippen molar-refractivity contribution in [1.29, 1.82) is 0 Å². The maximum atomic E-state index is 12.2. The minimum atomic E-state index is -0.797. The zero-order valence-electron chi connectivity index (χ0n) is 20.6. The molecule has 0 atom stereocenters.